The summed E-state index contributed by atoms with van der Waals surface area (Å²) in [5.41, 5.74) is 2.39. The number of hydrogen-bond acceptors (Lipinski definition) is 3. The lowest BCUT2D eigenvalue weighted by molar-refractivity contribution is 0.0694. The maximum Gasteiger partial charge on any atom is 0.341 e. The highest BCUT2D eigenvalue weighted by Gasteiger charge is 2.38. The maximum absolute atomic E-state index is 12.1. The summed E-state index contributed by atoms with van der Waals surface area (Å²) in [4.78, 5) is 23.4. The predicted octanol–water partition coefficient (Wildman–Crippen LogP) is 2.39. The second-order valence-corrected chi connectivity index (χ2v) is 6.00. The number of aromatic carboxylic acids is 1. The number of carboxylic acids is 1. The van der Waals surface area contributed by atoms with Gasteiger partial charge in [-0.2, -0.15) is 0 Å². The molecule has 3 heterocycles. The highest BCUT2D eigenvalue weighted by Crippen LogP contribution is 2.43. The van der Waals surface area contributed by atoms with Gasteiger partial charge in [-0.15, -0.1) is 0 Å². The van der Waals surface area contributed by atoms with Crippen LogP contribution in [0, 0.1) is 0 Å². The van der Waals surface area contributed by atoms with Crippen molar-refractivity contribution in [2.24, 2.45) is 0 Å². The van der Waals surface area contributed by atoms with Gasteiger partial charge in [-0.05, 0) is 25.3 Å². The molecule has 0 bridgehead atoms. The van der Waals surface area contributed by atoms with Gasteiger partial charge in [-0.25, -0.2) is 4.79 Å². The van der Waals surface area contributed by atoms with Gasteiger partial charge in [0.15, 0.2) is 5.43 Å². The van der Waals surface area contributed by atoms with E-state index in [1.807, 2.05) is 22.9 Å². The van der Waals surface area contributed by atoms with Crippen molar-refractivity contribution in [2.45, 2.75) is 31.8 Å². The Morgan fingerprint density at radius 2 is 2.05 bits per heavy atom. The van der Waals surface area contributed by atoms with Crippen molar-refractivity contribution < 1.29 is 9.90 Å². The number of benzene rings is 1. The third-order valence-corrected chi connectivity index (χ3v) is 4.74. The van der Waals surface area contributed by atoms with Gasteiger partial charge in [0.1, 0.15) is 5.56 Å². The van der Waals surface area contributed by atoms with Crippen LogP contribution in [0.1, 0.15) is 41.7 Å². The predicted molar refractivity (Wildman–Crippen MR) is 82.8 cm³/mol. The fraction of sp³-hybridized carbons (Fsp3) is 0.294. The first-order chi connectivity index (χ1) is 10.6. The van der Waals surface area contributed by atoms with E-state index in [0.29, 0.717) is 6.04 Å². The summed E-state index contributed by atoms with van der Waals surface area (Å²) in [6.45, 7) is 2.14. The van der Waals surface area contributed by atoms with Crippen molar-refractivity contribution in [1.82, 2.24) is 4.68 Å². The zero-order chi connectivity index (χ0) is 15.4. The molecular weight excluding hydrogens is 280 g/mol. The van der Waals surface area contributed by atoms with Gasteiger partial charge in [0.25, 0.3) is 0 Å². The molecular formula is C17H16N2O3. The molecule has 5 heteroatoms. The van der Waals surface area contributed by atoms with Crippen LogP contribution in [0.3, 0.4) is 0 Å². The van der Waals surface area contributed by atoms with E-state index in [1.165, 1.54) is 17.8 Å². The number of carbonyl (C=O) groups is 1. The number of pyridine rings is 1. The topological polar surface area (TPSA) is 62.5 Å². The average Bonchev–Trinajstić information content (AvgIpc) is 2.89. The highest BCUT2D eigenvalue weighted by molar-refractivity contribution is 5.88. The molecule has 0 radical (unpaired) electrons. The molecule has 0 aliphatic carbocycles. The zero-order valence-corrected chi connectivity index (χ0v) is 12.2. The van der Waals surface area contributed by atoms with Crippen LogP contribution in [-0.2, 0) is 0 Å². The monoisotopic (exact) mass is 296 g/mol. The van der Waals surface area contributed by atoms with Crippen molar-refractivity contribution >= 4 is 5.97 Å². The third kappa shape index (κ3) is 1.65. The number of hydrogen-bond donors (Lipinski definition) is 1. The average molecular weight is 296 g/mol. The van der Waals surface area contributed by atoms with Gasteiger partial charge in [0, 0.05) is 23.9 Å². The fourth-order valence-corrected chi connectivity index (χ4v) is 3.73. The molecule has 1 fully saturated rings. The lowest BCUT2D eigenvalue weighted by atomic mass is 9.94. The normalized spacial score (nSPS) is 22.0. The van der Waals surface area contributed by atoms with Gasteiger partial charge in [0.2, 0.25) is 0 Å². The lowest BCUT2D eigenvalue weighted by Crippen LogP contribution is -2.43. The molecule has 2 atom stereocenters. The Morgan fingerprint density at radius 3 is 2.82 bits per heavy atom. The van der Waals surface area contributed by atoms with E-state index in [-0.39, 0.29) is 11.6 Å². The second-order valence-electron chi connectivity index (χ2n) is 6.00. The number of aromatic nitrogens is 1. The zero-order valence-electron chi connectivity index (χ0n) is 12.2. The van der Waals surface area contributed by atoms with Gasteiger partial charge in [-0.3, -0.25) is 9.47 Å². The lowest BCUT2D eigenvalue weighted by Gasteiger charge is -2.40. The maximum atomic E-state index is 12.1. The number of rotatable bonds is 1. The van der Waals surface area contributed by atoms with Gasteiger partial charge >= 0.3 is 5.97 Å². The van der Waals surface area contributed by atoms with E-state index in [9.17, 15) is 14.7 Å². The molecule has 0 amide bonds. The minimum Gasteiger partial charge on any atom is -0.477 e. The van der Waals surface area contributed by atoms with E-state index < -0.39 is 11.4 Å². The molecule has 2 aliphatic rings. The highest BCUT2D eigenvalue weighted by atomic mass is 16.4. The second kappa shape index (κ2) is 4.47. The van der Waals surface area contributed by atoms with Crippen molar-refractivity contribution in [3.8, 4) is 11.3 Å². The van der Waals surface area contributed by atoms with E-state index in [2.05, 4.69) is 18.0 Å². The molecule has 1 aromatic carbocycles. The van der Waals surface area contributed by atoms with Gasteiger partial charge < -0.3 is 10.1 Å². The first kappa shape index (κ1) is 13.1. The van der Waals surface area contributed by atoms with Crippen molar-refractivity contribution in [1.29, 1.82) is 0 Å². The SMILES string of the molecule is CC1CCC2c3ccccc3-c3cc(=O)c(C(=O)O)cn3N12. The summed E-state index contributed by atoms with van der Waals surface area (Å²) < 4.78 is 1.87. The molecule has 2 aromatic rings. The van der Waals surface area contributed by atoms with Crippen LogP contribution >= 0.6 is 0 Å². The quantitative estimate of drug-likeness (QED) is 0.877. The molecule has 1 aromatic heterocycles. The smallest absolute Gasteiger partial charge is 0.341 e. The molecule has 22 heavy (non-hydrogen) atoms. The Kier molecular flexibility index (Phi) is 2.66. The van der Waals surface area contributed by atoms with Gasteiger partial charge in [0.05, 0.1) is 11.7 Å². The molecule has 2 aliphatic heterocycles. The van der Waals surface area contributed by atoms with E-state index >= 15 is 0 Å². The standard InChI is InChI=1S/C17H16N2O3/c1-10-6-7-14-11-4-2-3-5-12(11)15-8-16(20)13(17(21)22)9-18(15)19(10)14/h2-5,8-10,14H,6-7H2,1H3,(H,21,22). The first-order valence-corrected chi connectivity index (χ1v) is 7.46. The summed E-state index contributed by atoms with van der Waals surface area (Å²) in [5.74, 6) is -1.18. The Labute approximate surface area is 127 Å². The molecule has 4 rings (SSSR count). The molecule has 1 N–H and O–H groups in total. The molecule has 112 valence electrons. The number of fused-ring (bicyclic) bond motifs is 6. The minimum atomic E-state index is -1.18. The fourth-order valence-electron chi connectivity index (χ4n) is 3.73. The largest absolute Gasteiger partial charge is 0.477 e. The van der Waals surface area contributed by atoms with Crippen molar-refractivity contribution in [3.05, 3.63) is 57.9 Å². The summed E-state index contributed by atoms with van der Waals surface area (Å²) in [6.07, 6.45) is 3.56. The van der Waals surface area contributed by atoms with Crippen molar-refractivity contribution in [3.63, 3.8) is 0 Å². The minimum absolute atomic E-state index is 0.180. The molecule has 1 saturated heterocycles. The van der Waals surface area contributed by atoms with Crippen molar-refractivity contribution in [2.75, 3.05) is 5.01 Å². The van der Waals surface area contributed by atoms with Gasteiger partial charge in [-0.1, -0.05) is 24.3 Å². The molecule has 0 spiro atoms. The Balaban J connectivity index is 2.05. The summed E-state index contributed by atoms with van der Waals surface area (Å²) >= 11 is 0. The van der Waals surface area contributed by atoms with Crippen LogP contribution in [0.2, 0.25) is 0 Å². The van der Waals surface area contributed by atoms with Crippen LogP contribution in [0.25, 0.3) is 11.3 Å². The first-order valence-electron chi connectivity index (χ1n) is 7.46. The Morgan fingerprint density at radius 1 is 1.27 bits per heavy atom. The molecule has 5 nitrogen and oxygen atoms in total. The Bertz CT molecular complexity index is 840. The number of carboxylic acid groups (broad SMARTS) is 1. The molecule has 2 unspecified atom stereocenters. The Hall–Kier alpha value is -2.56. The van der Waals surface area contributed by atoms with Crippen LogP contribution in [0.15, 0.2) is 41.3 Å². The van der Waals surface area contributed by atoms with E-state index in [1.54, 1.807) is 0 Å². The molecule has 0 saturated carbocycles. The van der Waals surface area contributed by atoms with Crippen LogP contribution < -0.4 is 10.4 Å². The van der Waals surface area contributed by atoms with Crippen LogP contribution in [0.4, 0.5) is 0 Å². The summed E-state index contributed by atoms with van der Waals surface area (Å²) in [5, 5.41) is 11.4. The third-order valence-electron chi connectivity index (χ3n) is 4.74. The summed E-state index contributed by atoms with van der Waals surface area (Å²) in [6, 6.07) is 10.1. The summed E-state index contributed by atoms with van der Waals surface area (Å²) in [7, 11) is 0. The van der Waals surface area contributed by atoms with Crippen LogP contribution in [0.5, 0.6) is 0 Å². The van der Waals surface area contributed by atoms with Crippen LogP contribution in [-0.4, -0.2) is 21.8 Å². The van der Waals surface area contributed by atoms with E-state index in [4.69, 9.17) is 0 Å². The van der Waals surface area contributed by atoms with E-state index in [0.717, 1.165) is 24.1 Å². The number of nitrogens with zero attached hydrogens (tertiary/aromatic N) is 2.